The molecule has 1 amide bonds. The van der Waals surface area contributed by atoms with Gasteiger partial charge in [-0.25, -0.2) is 0 Å². The van der Waals surface area contributed by atoms with E-state index in [-0.39, 0.29) is 5.91 Å². The van der Waals surface area contributed by atoms with E-state index in [2.05, 4.69) is 16.7 Å². The summed E-state index contributed by atoms with van der Waals surface area (Å²) >= 11 is 0. The Kier molecular flexibility index (Phi) is 3.69. The predicted molar refractivity (Wildman–Crippen MR) is 77.5 cm³/mol. The van der Waals surface area contributed by atoms with Gasteiger partial charge >= 0.3 is 0 Å². The van der Waals surface area contributed by atoms with Crippen LogP contribution < -0.4 is 15.5 Å². The van der Waals surface area contributed by atoms with Crippen LogP contribution in [0.15, 0.2) is 24.3 Å². The maximum atomic E-state index is 11.9. The molecule has 1 unspecified atom stereocenters. The lowest BCUT2D eigenvalue weighted by Gasteiger charge is -2.27. The summed E-state index contributed by atoms with van der Waals surface area (Å²) in [5.41, 5.74) is 2.13. The molecule has 0 saturated carbocycles. The molecule has 102 valence electrons. The van der Waals surface area contributed by atoms with E-state index in [0.717, 1.165) is 37.4 Å². The van der Waals surface area contributed by atoms with Gasteiger partial charge in [0, 0.05) is 25.6 Å². The van der Waals surface area contributed by atoms with Gasteiger partial charge in [-0.15, -0.1) is 0 Å². The molecule has 0 aliphatic carbocycles. The summed E-state index contributed by atoms with van der Waals surface area (Å²) in [6.45, 7) is 2.97. The molecule has 2 fully saturated rings. The Labute approximate surface area is 114 Å². The number of carbonyl (C=O) groups is 1. The Morgan fingerprint density at radius 3 is 2.89 bits per heavy atom. The zero-order chi connectivity index (χ0) is 13.1. The average Bonchev–Trinajstić information content (AvgIpc) is 2.87. The van der Waals surface area contributed by atoms with E-state index < -0.39 is 0 Å². The van der Waals surface area contributed by atoms with Crippen LogP contribution in [0.4, 0.5) is 11.4 Å². The number of nitrogens with one attached hydrogen (secondary N) is 2. The number of hydrogen-bond acceptors (Lipinski definition) is 3. The van der Waals surface area contributed by atoms with Crippen molar-refractivity contribution in [3.63, 3.8) is 0 Å². The number of rotatable bonds is 3. The van der Waals surface area contributed by atoms with Crippen molar-refractivity contribution in [1.82, 2.24) is 5.32 Å². The van der Waals surface area contributed by atoms with Crippen molar-refractivity contribution in [2.45, 2.75) is 31.7 Å². The van der Waals surface area contributed by atoms with E-state index in [1.807, 2.05) is 23.1 Å². The van der Waals surface area contributed by atoms with E-state index >= 15 is 0 Å². The van der Waals surface area contributed by atoms with Crippen molar-refractivity contribution in [3.05, 3.63) is 24.3 Å². The van der Waals surface area contributed by atoms with Crippen molar-refractivity contribution >= 4 is 17.3 Å². The molecule has 1 aromatic carbocycles. The molecule has 1 atom stereocenters. The van der Waals surface area contributed by atoms with Gasteiger partial charge in [0.05, 0.1) is 11.4 Å². The lowest BCUT2D eigenvalue weighted by atomic mass is 10.1. The van der Waals surface area contributed by atoms with Crippen molar-refractivity contribution in [2.75, 3.05) is 29.9 Å². The van der Waals surface area contributed by atoms with Gasteiger partial charge < -0.3 is 15.5 Å². The summed E-state index contributed by atoms with van der Waals surface area (Å²) in [6, 6.07) is 8.62. The predicted octanol–water partition coefficient (Wildman–Crippen LogP) is 1.98. The maximum Gasteiger partial charge on any atom is 0.227 e. The van der Waals surface area contributed by atoms with Gasteiger partial charge in [0.25, 0.3) is 0 Å². The molecule has 19 heavy (non-hydrogen) atoms. The van der Waals surface area contributed by atoms with E-state index in [9.17, 15) is 4.79 Å². The molecule has 0 radical (unpaired) electrons. The van der Waals surface area contributed by atoms with E-state index in [1.165, 1.54) is 12.8 Å². The average molecular weight is 259 g/mol. The number of nitrogens with zero attached hydrogens (tertiary/aromatic N) is 1. The van der Waals surface area contributed by atoms with Crippen LogP contribution in [0.1, 0.15) is 25.7 Å². The highest BCUT2D eigenvalue weighted by Crippen LogP contribution is 2.30. The van der Waals surface area contributed by atoms with Gasteiger partial charge in [-0.05, 0) is 37.9 Å². The SMILES string of the molecule is O=C1CCCN1c1ccccc1NC1CCCNC1. The summed E-state index contributed by atoms with van der Waals surface area (Å²) in [5, 5.41) is 7.00. The van der Waals surface area contributed by atoms with Gasteiger partial charge in [-0.2, -0.15) is 0 Å². The third-order valence-electron chi connectivity index (χ3n) is 3.92. The lowest BCUT2D eigenvalue weighted by molar-refractivity contribution is -0.117. The fourth-order valence-corrected chi connectivity index (χ4v) is 2.93. The number of amides is 1. The number of para-hydroxylation sites is 2. The second kappa shape index (κ2) is 5.61. The molecule has 4 heteroatoms. The van der Waals surface area contributed by atoms with Crippen molar-refractivity contribution < 1.29 is 4.79 Å². The highest BCUT2D eigenvalue weighted by molar-refractivity contribution is 5.98. The molecule has 2 heterocycles. The van der Waals surface area contributed by atoms with Crippen molar-refractivity contribution in [1.29, 1.82) is 0 Å². The molecular weight excluding hydrogens is 238 g/mol. The zero-order valence-electron chi connectivity index (χ0n) is 11.2. The van der Waals surface area contributed by atoms with Gasteiger partial charge in [-0.1, -0.05) is 12.1 Å². The van der Waals surface area contributed by atoms with Crippen LogP contribution in [0.2, 0.25) is 0 Å². The van der Waals surface area contributed by atoms with Gasteiger partial charge in [0.15, 0.2) is 0 Å². The second-order valence-electron chi connectivity index (χ2n) is 5.35. The first kappa shape index (κ1) is 12.5. The highest BCUT2D eigenvalue weighted by atomic mass is 16.2. The molecule has 3 rings (SSSR count). The summed E-state index contributed by atoms with van der Waals surface area (Å²) < 4.78 is 0. The van der Waals surface area contributed by atoms with Gasteiger partial charge in [-0.3, -0.25) is 4.79 Å². The molecule has 4 nitrogen and oxygen atoms in total. The Morgan fingerprint density at radius 2 is 2.16 bits per heavy atom. The van der Waals surface area contributed by atoms with Gasteiger partial charge in [0.2, 0.25) is 5.91 Å². The summed E-state index contributed by atoms with van der Waals surface area (Å²) in [7, 11) is 0. The molecule has 0 spiro atoms. The van der Waals surface area contributed by atoms with Crippen LogP contribution in [0.25, 0.3) is 0 Å². The van der Waals surface area contributed by atoms with Crippen LogP contribution in [0.3, 0.4) is 0 Å². The largest absolute Gasteiger partial charge is 0.379 e. The molecule has 2 saturated heterocycles. The molecule has 2 aliphatic rings. The minimum Gasteiger partial charge on any atom is -0.379 e. The van der Waals surface area contributed by atoms with E-state index in [1.54, 1.807) is 0 Å². The maximum absolute atomic E-state index is 11.9. The third-order valence-corrected chi connectivity index (χ3v) is 3.92. The molecule has 1 aromatic rings. The van der Waals surface area contributed by atoms with Crippen LogP contribution in [-0.2, 0) is 4.79 Å². The minimum absolute atomic E-state index is 0.246. The summed E-state index contributed by atoms with van der Waals surface area (Å²) in [6.07, 6.45) is 4.05. The first-order valence-corrected chi connectivity index (χ1v) is 7.21. The molecule has 2 N–H and O–H groups in total. The van der Waals surface area contributed by atoms with E-state index in [0.29, 0.717) is 12.5 Å². The number of benzene rings is 1. The monoisotopic (exact) mass is 259 g/mol. The Hall–Kier alpha value is -1.55. The van der Waals surface area contributed by atoms with Crippen molar-refractivity contribution in [3.8, 4) is 0 Å². The normalized spacial score (nSPS) is 23.7. The third kappa shape index (κ3) is 2.73. The summed E-state index contributed by atoms with van der Waals surface area (Å²) in [5.74, 6) is 0.246. The van der Waals surface area contributed by atoms with E-state index in [4.69, 9.17) is 0 Å². The van der Waals surface area contributed by atoms with Crippen LogP contribution in [-0.4, -0.2) is 31.6 Å². The first-order valence-electron chi connectivity index (χ1n) is 7.21. The zero-order valence-corrected chi connectivity index (χ0v) is 11.2. The minimum atomic E-state index is 0.246. The topological polar surface area (TPSA) is 44.4 Å². The Morgan fingerprint density at radius 1 is 1.26 bits per heavy atom. The first-order chi connectivity index (χ1) is 9.34. The molecular formula is C15H21N3O. The fourth-order valence-electron chi connectivity index (χ4n) is 2.93. The number of piperidine rings is 1. The molecule has 0 bridgehead atoms. The quantitative estimate of drug-likeness (QED) is 0.872. The standard InChI is InChI=1S/C15H21N3O/c19-15-8-4-10-18(15)14-7-2-1-6-13(14)17-12-5-3-9-16-11-12/h1-2,6-7,12,16-17H,3-5,8-11H2. The molecule has 2 aliphatic heterocycles. The van der Waals surface area contributed by atoms with Crippen molar-refractivity contribution in [2.24, 2.45) is 0 Å². The fraction of sp³-hybridized carbons (Fsp3) is 0.533. The van der Waals surface area contributed by atoms with Crippen LogP contribution >= 0.6 is 0 Å². The number of carbonyl (C=O) groups excluding carboxylic acids is 1. The van der Waals surface area contributed by atoms with Crippen LogP contribution in [0.5, 0.6) is 0 Å². The molecule has 0 aromatic heterocycles. The Balaban J connectivity index is 1.78. The smallest absolute Gasteiger partial charge is 0.227 e. The lowest BCUT2D eigenvalue weighted by Crippen LogP contribution is -2.38. The van der Waals surface area contributed by atoms with Gasteiger partial charge in [0.1, 0.15) is 0 Å². The second-order valence-corrected chi connectivity index (χ2v) is 5.35. The van der Waals surface area contributed by atoms with Crippen LogP contribution in [0, 0.1) is 0 Å². The Bertz CT molecular complexity index is 454. The number of anilines is 2. The summed E-state index contributed by atoms with van der Waals surface area (Å²) in [4.78, 5) is 13.8. The highest BCUT2D eigenvalue weighted by Gasteiger charge is 2.24. The number of hydrogen-bond donors (Lipinski definition) is 2.